The standard InChI is InChI=1S/C11H7ClN2O4/c12-7-1-2-8-6(5-13-9(8)4-7)3-10(11(15)16)14(17)18/h1-5,13H,(H,15,16). The lowest BCUT2D eigenvalue weighted by Crippen LogP contribution is -2.09. The Bertz CT molecular complexity index is 659. The SMILES string of the molecule is O=C(O)C(=Cc1c[nH]c2cc(Cl)ccc12)[N+](=O)[O-]. The molecule has 0 bridgehead atoms. The third kappa shape index (κ3) is 2.18. The molecule has 0 saturated heterocycles. The fraction of sp³-hybridized carbons (Fsp3) is 0. The van der Waals surface area contributed by atoms with Gasteiger partial charge in [-0.15, -0.1) is 0 Å². The molecule has 0 fully saturated rings. The number of aromatic amines is 1. The van der Waals surface area contributed by atoms with E-state index in [2.05, 4.69) is 4.98 Å². The minimum Gasteiger partial charge on any atom is -0.473 e. The second-order valence-corrected chi connectivity index (χ2v) is 3.96. The van der Waals surface area contributed by atoms with Crippen LogP contribution in [-0.4, -0.2) is 21.0 Å². The van der Waals surface area contributed by atoms with E-state index in [1.165, 1.54) is 6.20 Å². The molecule has 18 heavy (non-hydrogen) atoms. The molecule has 0 aliphatic rings. The lowest BCUT2D eigenvalue weighted by molar-refractivity contribution is -0.419. The van der Waals surface area contributed by atoms with E-state index < -0.39 is 16.6 Å². The highest BCUT2D eigenvalue weighted by Gasteiger charge is 2.21. The number of carboxylic acid groups (broad SMARTS) is 1. The molecule has 6 nitrogen and oxygen atoms in total. The van der Waals surface area contributed by atoms with Crippen LogP contribution in [0.25, 0.3) is 17.0 Å². The average molecular weight is 267 g/mol. The van der Waals surface area contributed by atoms with E-state index in [1.807, 2.05) is 0 Å². The van der Waals surface area contributed by atoms with E-state index >= 15 is 0 Å². The number of halogens is 1. The zero-order chi connectivity index (χ0) is 13.3. The van der Waals surface area contributed by atoms with Gasteiger partial charge in [-0.05, 0) is 12.1 Å². The van der Waals surface area contributed by atoms with Crippen LogP contribution in [0.15, 0.2) is 30.1 Å². The van der Waals surface area contributed by atoms with E-state index in [4.69, 9.17) is 16.7 Å². The molecule has 0 spiro atoms. The molecule has 1 heterocycles. The first-order chi connectivity index (χ1) is 8.49. The first-order valence-electron chi connectivity index (χ1n) is 4.85. The van der Waals surface area contributed by atoms with Gasteiger partial charge < -0.3 is 10.1 Å². The summed E-state index contributed by atoms with van der Waals surface area (Å²) in [6.07, 6.45) is 2.50. The summed E-state index contributed by atoms with van der Waals surface area (Å²) in [7, 11) is 0. The number of rotatable bonds is 3. The number of nitrogens with zero attached hydrogens (tertiary/aromatic N) is 1. The molecule has 0 amide bonds. The Balaban J connectivity index is 2.58. The average Bonchev–Trinajstić information content (AvgIpc) is 2.67. The zero-order valence-corrected chi connectivity index (χ0v) is 9.64. The number of benzene rings is 1. The molecule has 2 N–H and O–H groups in total. The Morgan fingerprint density at radius 3 is 2.83 bits per heavy atom. The van der Waals surface area contributed by atoms with Crippen LogP contribution in [0.3, 0.4) is 0 Å². The van der Waals surface area contributed by atoms with Gasteiger partial charge in [0.2, 0.25) is 0 Å². The number of carbonyl (C=O) groups is 1. The molecular weight excluding hydrogens is 260 g/mol. The van der Waals surface area contributed by atoms with Crippen molar-refractivity contribution in [2.75, 3.05) is 0 Å². The smallest absolute Gasteiger partial charge is 0.407 e. The monoisotopic (exact) mass is 266 g/mol. The predicted octanol–water partition coefficient (Wildman–Crippen LogP) is 2.52. The van der Waals surface area contributed by atoms with Crippen molar-refractivity contribution in [3.63, 3.8) is 0 Å². The Morgan fingerprint density at radius 1 is 1.50 bits per heavy atom. The second-order valence-electron chi connectivity index (χ2n) is 3.53. The predicted molar refractivity (Wildman–Crippen MR) is 65.9 cm³/mol. The van der Waals surface area contributed by atoms with Crippen molar-refractivity contribution >= 4 is 34.5 Å². The number of carboxylic acids is 1. The summed E-state index contributed by atoms with van der Waals surface area (Å²) in [5, 5.41) is 20.5. The number of nitro groups is 1. The molecule has 92 valence electrons. The maximum absolute atomic E-state index is 10.7. The van der Waals surface area contributed by atoms with Crippen LogP contribution in [-0.2, 0) is 4.79 Å². The van der Waals surface area contributed by atoms with Crippen LogP contribution in [0.2, 0.25) is 5.02 Å². The first-order valence-corrected chi connectivity index (χ1v) is 5.23. The quantitative estimate of drug-likeness (QED) is 0.507. The van der Waals surface area contributed by atoms with Gasteiger partial charge in [-0.25, -0.2) is 4.79 Å². The van der Waals surface area contributed by atoms with Gasteiger partial charge in [-0.1, -0.05) is 17.7 Å². The molecule has 0 aliphatic heterocycles. The number of nitrogens with one attached hydrogen (secondary N) is 1. The maximum Gasteiger partial charge on any atom is 0.407 e. The van der Waals surface area contributed by atoms with Gasteiger partial charge in [0.15, 0.2) is 0 Å². The highest BCUT2D eigenvalue weighted by Crippen LogP contribution is 2.23. The summed E-state index contributed by atoms with van der Waals surface area (Å²) >= 11 is 5.80. The van der Waals surface area contributed by atoms with Crippen molar-refractivity contribution in [3.05, 3.63) is 50.8 Å². The lowest BCUT2D eigenvalue weighted by Gasteiger charge is -1.94. The maximum atomic E-state index is 10.7. The van der Waals surface area contributed by atoms with Gasteiger partial charge in [-0.2, -0.15) is 0 Å². The van der Waals surface area contributed by atoms with Crippen molar-refractivity contribution in [1.29, 1.82) is 0 Å². The van der Waals surface area contributed by atoms with Crippen LogP contribution in [0, 0.1) is 10.1 Å². The van der Waals surface area contributed by atoms with Crippen molar-refractivity contribution < 1.29 is 14.8 Å². The highest BCUT2D eigenvalue weighted by molar-refractivity contribution is 6.31. The fourth-order valence-electron chi connectivity index (χ4n) is 1.58. The molecular formula is C11H7ClN2O4. The van der Waals surface area contributed by atoms with Crippen LogP contribution in [0.5, 0.6) is 0 Å². The summed E-state index contributed by atoms with van der Waals surface area (Å²) in [4.78, 5) is 23.2. The van der Waals surface area contributed by atoms with Crippen LogP contribution >= 0.6 is 11.6 Å². The summed E-state index contributed by atoms with van der Waals surface area (Å²) in [6.45, 7) is 0. The zero-order valence-electron chi connectivity index (χ0n) is 8.88. The van der Waals surface area contributed by atoms with Gasteiger partial charge in [-0.3, -0.25) is 10.1 Å². The van der Waals surface area contributed by atoms with Crippen molar-refractivity contribution in [2.24, 2.45) is 0 Å². The highest BCUT2D eigenvalue weighted by atomic mass is 35.5. The molecule has 2 rings (SSSR count). The molecule has 2 aromatic rings. The van der Waals surface area contributed by atoms with Gasteiger partial charge in [0.05, 0.1) is 4.92 Å². The molecule has 1 aromatic carbocycles. The van der Waals surface area contributed by atoms with Crippen LogP contribution < -0.4 is 0 Å². The first kappa shape index (κ1) is 12.1. The topological polar surface area (TPSA) is 96.2 Å². The van der Waals surface area contributed by atoms with Gasteiger partial charge in [0.25, 0.3) is 0 Å². The number of hydrogen-bond acceptors (Lipinski definition) is 3. The third-order valence-electron chi connectivity index (χ3n) is 2.38. The van der Waals surface area contributed by atoms with Crippen molar-refractivity contribution in [2.45, 2.75) is 0 Å². The van der Waals surface area contributed by atoms with Crippen molar-refractivity contribution in [3.8, 4) is 0 Å². The summed E-state index contributed by atoms with van der Waals surface area (Å²) in [5.74, 6) is -1.58. The summed E-state index contributed by atoms with van der Waals surface area (Å²) in [5.41, 5.74) is 0.225. The number of hydrogen-bond donors (Lipinski definition) is 2. The van der Waals surface area contributed by atoms with E-state index in [9.17, 15) is 14.9 Å². The number of fused-ring (bicyclic) bond motifs is 1. The lowest BCUT2D eigenvalue weighted by atomic mass is 10.1. The molecule has 0 atom stereocenters. The van der Waals surface area contributed by atoms with Gasteiger partial charge in [0, 0.05) is 33.8 Å². The summed E-state index contributed by atoms with van der Waals surface area (Å²) < 4.78 is 0. The van der Waals surface area contributed by atoms with E-state index in [-0.39, 0.29) is 0 Å². The number of H-pyrrole nitrogens is 1. The Hall–Kier alpha value is -2.34. The van der Waals surface area contributed by atoms with E-state index in [1.54, 1.807) is 18.2 Å². The van der Waals surface area contributed by atoms with Crippen LogP contribution in [0.4, 0.5) is 0 Å². The third-order valence-corrected chi connectivity index (χ3v) is 2.62. The number of aromatic nitrogens is 1. The Labute approximate surface area is 106 Å². The molecule has 0 saturated carbocycles. The summed E-state index contributed by atoms with van der Waals surface area (Å²) in [6, 6.07) is 4.95. The molecule has 7 heteroatoms. The Morgan fingerprint density at radius 2 is 2.22 bits per heavy atom. The Kier molecular flexibility index (Phi) is 3.03. The normalized spacial score (nSPS) is 11.7. The minimum absolute atomic E-state index is 0.427. The van der Waals surface area contributed by atoms with Gasteiger partial charge >= 0.3 is 11.7 Å². The molecule has 0 unspecified atom stereocenters. The second kappa shape index (κ2) is 4.50. The van der Waals surface area contributed by atoms with E-state index in [0.717, 1.165) is 6.08 Å². The van der Waals surface area contributed by atoms with E-state index in [0.29, 0.717) is 21.5 Å². The minimum atomic E-state index is -1.58. The van der Waals surface area contributed by atoms with Crippen molar-refractivity contribution in [1.82, 2.24) is 4.98 Å². The molecule has 0 radical (unpaired) electrons. The molecule has 1 aromatic heterocycles. The fourth-order valence-corrected chi connectivity index (χ4v) is 1.75. The molecule has 0 aliphatic carbocycles. The number of aliphatic carboxylic acids is 1. The van der Waals surface area contributed by atoms with Gasteiger partial charge in [0.1, 0.15) is 0 Å². The van der Waals surface area contributed by atoms with Crippen LogP contribution in [0.1, 0.15) is 5.56 Å². The largest absolute Gasteiger partial charge is 0.473 e.